The van der Waals surface area contributed by atoms with Crippen LogP contribution < -0.4 is 9.46 Å². The average Bonchev–Trinajstić information content (AvgIpc) is 2.75. The fourth-order valence-electron chi connectivity index (χ4n) is 3.59. The van der Waals surface area contributed by atoms with Crippen LogP contribution in [0, 0.1) is 5.92 Å². The maximum absolute atomic E-state index is 13.1. The van der Waals surface area contributed by atoms with Gasteiger partial charge in [-0.1, -0.05) is 26.0 Å². The topological polar surface area (TPSA) is 105 Å². The van der Waals surface area contributed by atoms with E-state index in [2.05, 4.69) is 18.6 Å². The number of ether oxygens (including phenoxy) is 2. The zero-order chi connectivity index (χ0) is 24.6. The first-order chi connectivity index (χ1) is 15.6. The van der Waals surface area contributed by atoms with Gasteiger partial charge < -0.3 is 19.3 Å². The first-order valence-electron chi connectivity index (χ1n) is 11.0. The summed E-state index contributed by atoms with van der Waals surface area (Å²) in [6.07, 6.45) is 4.42. The van der Waals surface area contributed by atoms with Crippen LogP contribution in [0.4, 0.5) is 0 Å². The van der Waals surface area contributed by atoms with Gasteiger partial charge in [0.05, 0.1) is 23.1 Å². The summed E-state index contributed by atoms with van der Waals surface area (Å²) in [7, 11) is -0.715. The van der Waals surface area contributed by atoms with Gasteiger partial charge in [0.1, 0.15) is 12.4 Å². The standard InChI is InChI=1S/C23H35N3O6S/c1-17(2)14-19-16-32-22-9-8-20(33(29,30)24-10-13-31-5)15-21(22)23(28)25(4)11-6-7-12-26(19)18(3)27/h6-9,15,17,19,24H,10-14,16H2,1-5H3/b7-6+/t19-/m1/s1. The van der Waals surface area contributed by atoms with Gasteiger partial charge in [-0.25, -0.2) is 13.1 Å². The van der Waals surface area contributed by atoms with E-state index in [9.17, 15) is 18.0 Å². The summed E-state index contributed by atoms with van der Waals surface area (Å²) in [4.78, 5) is 28.7. The van der Waals surface area contributed by atoms with Gasteiger partial charge in [-0.05, 0) is 30.5 Å². The number of hydrogen-bond acceptors (Lipinski definition) is 6. The maximum Gasteiger partial charge on any atom is 0.257 e. The molecule has 1 atom stereocenters. The van der Waals surface area contributed by atoms with Crippen molar-refractivity contribution in [1.29, 1.82) is 0 Å². The zero-order valence-electron chi connectivity index (χ0n) is 20.0. The van der Waals surface area contributed by atoms with E-state index < -0.39 is 10.0 Å². The molecule has 1 N–H and O–H groups in total. The molecule has 33 heavy (non-hydrogen) atoms. The van der Waals surface area contributed by atoms with Gasteiger partial charge in [-0.3, -0.25) is 9.59 Å². The van der Waals surface area contributed by atoms with Crippen LogP contribution in [0.15, 0.2) is 35.2 Å². The van der Waals surface area contributed by atoms with Crippen LogP contribution in [0.5, 0.6) is 5.75 Å². The van der Waals surface area contributed by atoms with Gasteiger partial charge in [0.25, 0.3) is 5.91 Å². The first-order valence-corrected chi connectivity index (χ1v) is 12.5. The predicted octanol–water partition coefficient (Wildman–Crippen LogP) is 1.90. The second-order valence-electron chi connectivity index (χ2n) is 8.47. The number of methoxy groups -OCH3 is 1. The Balaban J connectivity index is 2.45. The van der Waals surface area contributed by atoms with E-state index >= 15 is 0 Å². The van der Waals surface area contributed by atoms with Gasteiger partial charge in [0.2, 0.25) is 15.9 Å². The maximum atomic E-state index is 13.1. The lowest BCUT2D eigenvalue weighted by molar-refractivity contribution is -0.131. The second-order valence-corrected chi connectivity index (χ2v) is 10.2. The summed E-state index contributed by atoms with van der Waals surface area (Å²) < 4.78 is 38.7. The molecule has 0 aromatic heterocycles. The number of nitrogens with zero attached hydrogens (tertiary/aromatic N) is 2. The number of rotatable bonds is 7. The van der Waals surface area contributed by atoms with Gasteiger partial charge in [0, 0.05) is 40.7 Å². The molecule has 1 aliphatic heterocycles. The number of amides is 2. The van der Waals surface area contributed by atoms with Crippen LogP contribution >= 0.6 is 0 Å². The number of benzene rings is 1. The molecule has 9 nitrogen and oxygen atoms in total. The fourth-order valence-corrected chi connectivity index (χ4v) is 4.63. The monoisotopic (exact) mass is 481 g/mol. The van der Waals surface area contributed by atoms with E-state index in [1.165, 1.54) is 37.1 Å². The van der Waals surface area contributed by atoms with Crippen molar-refractivity contribution in [3.63, 3.8) is 0 Å². The molecule has 0 bridgehead atoms. The summed E-state index contributed by atoms with van der Waals surface area (Å²) in [6.45, 7) is 6.94. The lowest BCUT2D eigenvalue weighted by Crippen LogP contribution is -2.44. The number of carbonyl (C=O) groups is 2. The second kappa shape index (κ2) is 12.2. The Kier molecular flexibility index (Phi) is 9.87. The van der Waals surface area contributed by atoms with E-state index in [1.807, 2.05) is 12.2 Å². The lowest BCUT2D eigenvalue weighted by atomic mass is 10.0. The van der Waals surface area contributed by atoms with E-state index in [-0.39, 0.29) is 53.8 Å². The molecule has 184 valence electrons. The minimum absolute atomic E-state index is 0.0329. The van der Waals surface area contributed by atoms with E-state index in [4.69, 9.17) is 9.47 Å². The largest absolute Gasteiger partial charge is 0.491 e. The van der Waals surface area contributed by atoms with Crippen molar-refractivity contribution in [1.82, 2.24) is 14.5 Å². The van der Waals surface area contributed by atoms with Crippen LogP contribution in [0.25, 0.3) is 0 Å². The molecule has 1 heterocycles. The minimum atomic E-state index is -3.83. The molecule has 2 amide bonds. The Morgan fingerprint density at radius 1 is 1.27 bits per heavy atom. The van der Waals surface area contributed by atoms with E-state index in [0.29, 0.717) is 19.0 Å². The SMILES string of the molecule is COCCNS(=O)(=O)c1ccc2c(c1)C(=O)N(C)C/C=C/CN(C(C)=O)[C@H](CC(C)C)CO2. The molecule has 0 spiro atoms. The van der Waals surface area contributed by atoms with Crippen molar-refractivity contribution >= 4 is 21.8 Å². The molecule has 1 aromatic carbocycles. The van der Waals surface area contributed by atoms with Crippen molar-refractivity contribution in [3.05, 3.63) is 35.9 Å². The van der Waals surface area contributed by atoms with Gasteiger partial charge in [-0.15, -0.1) is 0 Å². The minimum Gasteiger partial charge on any atom is -0.491 e. The molecule has 1 aromatic rings. The fraction of sp³-hybridized carbons (Fsp3) is 0.565. The Labute approximate surface area is 196 Å². The van der Waals surface area contributed by atoms with E-state index in [1.54, 1.807) is 11.9 Å². The lowest BCUT2D eigenvalue weighted by Gasteiger charge is -2.32. The molecule has 0 saturated heterocycles. The highest BCUT2D eigenvalue weighted by atomic mass is 32.2. The first kappa shape index (κ1) is 26.8. The molecule has 0 aliphatic carbocycles. The summed E-state index contributed by atoms with van der Waals surface area (Å²) in [5.41, 5.74) is 0.152. The number of nitrogens with one attached hydrogen (secondary N) is 1. The number of hydrogen-bond donors (Lipinski definition) is 1. The third-order valence-corrected chi connectivity index (χ3v) is 6.76. The number of carbonyl (C=O) groups excluding carboxylic acids is 2. The third-order valence-electron chi connectivity index (χ3n) is 5.30. The molecular weight excluding hydrogens is 446 g/mol. The number of likely N-dealkylation sites (N-methyl/N-ethyl adjacent to an activating group) is 1. The molecular formula is C23H35N3O6S. The molecule has 0 fully saturated rings. The summed E-state index contributed by atoms with van der Waals surface area (Å²) in [6, 6.07) is 4.05. The molecule has 0 saturated carbocycles. The molecule has 0 radical (unpaired) electrons. The summed E-state index contributed by atoms with van der Waals surface area (Å²) in [5.74, 6) is 0.201. The third kappa shape index (κ3) is 7.55. The van der Waals surface area contributed by atoms with E-state index in [0.717, 1.165) is 6.42 Å². The van der Waals surface area contributed by atoms with Crippen molar-refractivity contribution < 1.29 is 27.5 Å². The Hall–Kier alpha value is -2.43. The van der Waals surface area contributed by atoms with Gasteiger partial charge in [0.15, 0.2) is 0 Å². The molecule has 10 heteroatoms. The Bertz CT molecular complexity index is 961. The highest BCUT2D eigenvalue weighted by Gasteiger charge is 2.26. The normalized spacial score (nSPS) is 18.8. The molecule has 2 rings (SSSR count). The Morgan fingerprint density at radius 2 is 1.97 bits per heavy atom. The van der Waals surface area contributed by atoms with Crippen LogP contribution in [-0.2, 0) is 19.6 Å². The Morgan fingerprint density at radius 3 is 2.61 bits per heavy atom. The number of sulfonamides is 1. The summed E-state index contributed by atoms with van der Waals surface area (Å²) in [5, 5.41) is 0. The average molecular weight is 482 g/mol. The van der Waals surface area contributed by atoms with Crippen LogP contribution in [0.1, 0.15) is 37.6 Å². The molecule has 1 aliphatic rings. The number of fused-ring (bicyclic) bond motifs is 1. The van der Waals surface area contributed by atoms with Crippen molar-refractivity contribution in [3.8, 4) is 5.75 Å². The van der Waals surface area contributed by atoms with Crippen molar-refractivity contribution in [2.24, 2.45) is 5.92 Å². The van der Waals surface area contributed by atoms with Gasteiger partial charge in [-0.2, -0.15) is 0 Å². The molecule has 0 unspecified atom stereocenters. The van der Waals surface area contributed by atoms with Crippen LogP contribution in [0.3, 0.4) is 0 Å². The van der Waals surface area contributed by atoms with Crippen molar-refractivity contribution in [2.45, 2.75) is 38.1 Å². The van der Waals surface area contributed by atoms with Crippen molar-refractivity contribution in [2.75, 3.05) is 47.0 Å². The highest BCUT2D eigenvalue weighted by molar-refractivity contribution is 7.89. The van der Waals surface area contributed by atoms with Gasteiger partial charge >= 0.3 is 0 Å². The summed E-state index contributed by atoms with van der Waals surface area (Å²) >= 11 is 0. The van der Waals surface area contributed by atoms with Crippen LogP contribution in [-0.4, -0.2) is 83.1 Å². The predicted molar refractivity (Wildman–Crippen MR) is 126 cm³/mol. The smallest absolute Gasteiger partial charge is 0.257 e. The quantitative estimate of drug-likeness (QED) is 0.471. The highest BCUT2D eigenvalue weighted by Crippen LogP contribution is 2.26. The zero-order valence-corrected chi connectivity index (χ0v) is 20.9. The van der Waals surface area contributed by atoms with Crippen LogP contribution in [0.2, 0.25) is 0 Å².